The molecule has 0 aliphatic carbocycles. The average Bonchev–Trinajstić information content (AvgIpc) is 3.20. The SMILES string of the molecule is CC(=O)N1CC(CC#N)(n2cc(-c3ccnc(Nc4cnc(C(N)=O)c(C)c4)n3)cn2)C1. The third-order valence-electron chi connectivity index (χ3n) is 5.41. The molecule has 1 saturated heterocycles. The minimum absolute atomic E-state index is 0.0222. The second-order valence-electron chi connectivity index (χ2n) is 7.75. The van der Waals surface area contributed by atoms with E-state index in [1.54, 1.807) is 41.0 Å². The number of carbonyl (C=O) groups excluding carboxylic acids is 2. The van der Waals surface area contributed by atoms with Crippen LogP contribution >= 0.6 is 0 Å². The van der Waals surface area contributed by atoms with Crippen molar-refractivity contribution >= 4 is 23.5 Å². The van der Waals surface area contributed by atoms with Gasteiger partial charge in [-0.15, -0.1) is 0 Å². The Morgan fingerprint density at radius 3 is 2.75 bits per heavy atom. The molecule has 11 nitrogen and oxygen atoms in total. The molecule has 162 valence electrons. The van der Waals surface area contributed by atoms with Crippen molar-refractivity contribution in [3.8, 4) is 17.3 Å². The number of anilines is 2. The highest BCUT2D eigenvalue weighted by Crippen LogP contribution is 2.33. The Kier molecular flexibility index (Phi) is 5.28. The molecule has 4 heterocycles. The maximum absolute atomic E-state index is 11.6. The van der Waals surface area contributed by atoms with Crippen LogP contribution in [0.15, 0.2) is 36.9 Å². The van der Waals surface area contributed by atoms with Crippen molar-refractivity contribution in [2.45, 2.75) is 25.8 Å². The third kappa shape index (κ3) is 3.85. The quantitative estimate of drug-likeness (QED) is 0.592. The van der Waals surface area contributed by atoms with E-state index in [1.807, 2.05) is 6.20 Å². The Bertz CT molecular complexity index is 1240. The molecule has 0 unspecified atom stereocenters. The lowest BCUT2D eigenvalue weighted by Gasteiger charge is -2.48. The van der Waals surface area contributed by atoms with E-state index in [4.69, 9.17) is 5.73 Å². The van der Waals surface area contributed by atoms with Crippen LogP contribution in [0.1, 0.15) is 29.4 Å². The summed E-state index contributed by atoms with van der Waals surface area (Å²) in [5, 5.41) is 16.8. The number of carbonyl (C=O) groups is 2. The van der Waals surface area contributed by atoms with Gasteiger partial charge >= 0.3 is 0 Å². The molecule has 3 aromatic rings. The third-order valence-corrected chi connectivity index (χ3v) is 5.41. The van der Waals surface area contributed by atoms with Gasteiger partial charge in [0.2, 0.25) is 11.9 Å². The van der Waals surface area contributed by atoms with Crippen molar-refractivity contribution in [3.05, 3.63) is 48.2 Å². The number of hydrogen-bond acceptors (Lipinski definition) is 8. The van der Waals surface area contributed by atoms with Crippen molar-refractivity contribution in [2.75, 3.05) is 18.4 Å². The monoisotopic (exact) mass is 431 g/mol. The molecule has 32 heavy (non-hydrogen) atoms. The van der Waals surface area contributed by atoms with Crippen molar-refractivity contribution in [1.29, 1.82) is 5.26 Å². The van der Waals surface area contributed by atoms with Gasteiger partial charge in [0.25, 0.3) is 5.91 Å². The minimum Gasteiger partial charge on any atom is -0.364 e. The summed E-state index contributed by atoms with van der Waals surface area (Å²) in [5.74, 6) is -0.260. The fourth-order valence-corrected chi connectivity index (χ4v) is 3.70. The Labute approximate surface area is 183 Å². The van der Waals surface area contributed by atoms with Gasteiger partial charge in [-0.3, -0.25) is 14.3 Å². The van der Waals surface area contributed by atoms with Crippen molar-refractivity contribution < 1.29 is 9.59 Å². The molecule has 0 aromatic carbocycles. The predicted octanol–water partition coefficient (Wildman–Crippen LogP) is 1.36. The number of aromatic nitrogens is 5. The van der Waals surface area contributed by atoms with E-state index in [0.717, 1.165) is 5.56 Å². The van der Waals surface area contributed by atoms with Gasteiger partial charge in [-0.05, 0) is 24.6 Å². The number of nitrogens with one attached hydrogen (secondary N) is 1. The van der Waals surface area contributed by atoms with E-state index in [0.29, 0.717) is 36.0 Å². The van der Waals surface area contributed by atoms with Crippen LogP contribution < -0.4 is 11.1 Å². The van der Waals surface area contributed by atoms with Crippen LogP contribution in [0.2, 0.25) is 0 Å². The fraction of sp³-hybridized carbons (Fsp3) is 0.286. The van der Waals surface area contributed by atoms with Crippen molar-refractivity contribution in [1.82, 2.24) is 29.6 Å². The molecule has 0 radical (unpaired) electrons. The molecule has 3 N–H and O–H groups in total. The first-order chi connectivity index (χ1) is 15.3. The lowest BCUT2D eigenvalue weighted by molar-refractivity contribution is -0.140. The standard InChI is InChI=1S/C21H21N9O2/c1-13-7-16(9-25-18(13)19(23)32)27-20-24-6-3-17(28-20)15-8-26-30(10-15)21(4-5-22)11-29(12-21)14(2)31/h3,6-10H,4,11-12H2,1-2H3,(H2,23,32)(H,24,27,28). The zero-order valence-corrected chi connectivity index (χ0v) is 17.6. The van der Waals surface area contributed by atoms with Gasteiger partial charge < -0.3 is 16.0 Å². The summed E-state index contributed by atoms with van der Waals surface area (Å²) in [6.45, 7) is 4.15. The average molecular weight is 431 g/mol. The van der Waals surface area contributed by atoms with Crippen molar-refractivity contribution in [2.24, 2.45) is 5.73 Å². The van der Waals surface area contributed by atoms with Gasteiger partial charge in [-0.2, -0.15) is 10.4 Å². The van der Waals surface area contributed by atoms with Gasteiger partial charge in [-0.25, -0.2) is 15.0 Å². The molecule has 3 aromatic heterocycles. The van der Waals surface area contributed by atoms with E-state index >= 15 is 0 Å². The van der Waals surface area contributed by atoms with E-state index in [1.165, 1.54) is 13.1 Å². The second-order valence-corrected chi connectivity index (χ2v) is 7.75. The summed E-state index contributed by atoms with van der Waals surface area (Å²) in [6, 6.07) is 5.70. The van der Waals surface area contributed by atoms with Gasteiger partial charge in [-0.1, -0.05) is 0 Å². The minimum atomic E-state index is -0.587. The molecule has 2 amide bonds. The van der Waals surface area contributed by atoms with Crippen LogP contribution in [0.5, 0.6) is 0 Å². The Balaban J connectivity index is 1.55. The molecule has 11 heteroatoms. The molecule has 1 aliphatic rings. The summed E-state index contributed by atoms with van der Waals surface area (Å²) in [5.41, 5.74) is 7.64. The Morgan fingerprint density at radius 1 is 1.31 bits per heavy atom. The predicted molar refractivity (Wildman–Crippen MR) is 114 cm³/mol. The second kappa shape index (κ2) is 8.07. The van der Waals surface area contributed by atoms with Crippen LogP contribution in [0, 0.1) is 18.3 Å². The summed E-state index contributed by atoms with van der Waals surface area (Å²) in [4.78, 5) is 37.5. The first kappa shape index (κ1) is 20.9. The number of primary amides is 1. The summed E-state index contributed by atoms with van der Waals surface area (Å²) in [7, 11) is 0. The normalized spacial score (nSPS) is 14.3. The summed E-state index contributed by atoms with van der Waals surface area (Å²) in [6.07, 6.45) is 6.86. The maximum Gasteiger partial charge on any atom is 0.267 e. The fourth-order valence-electron chi connectivity index (χ4n) is 3.70. The van der Waals surface area contributed by atoms with Gasteiger partial charge in [0.05, 0.1) is 36.3 Å². The molecular weight excluding hydrogens is 410 g/mol. The van der Waals surface area contributed by atoms with Crippen molar-refractivity contribution in [3.63, 3.8) is 0 Å². The topological polar surface area (TPSA) is 156 Å². The number of likely N-dealkylation sites (tertiary alicyclic amines) is 1. The molecule has 4 rings (SSSR count). The lowest BCUT2D eigenvalue weighted by atomic mass is 9.87. The number of pyridine rings is 1. The van der Waals surface area contributed by atoms with Gasteiger partial charge in [0, 0.05) is 38.0 Å². The summed E-state index contributed by atoms with van der Waals surface area (Å²) < 4.78 is 1.75. The van der Waals surface area contributed by atoms with E-state index in [9.17, 15) is 14.9 Å². The zero-order valence-electron chi connectivity index (χ0n) is 17.6. The maximum atomic E-state index is 11.6. The molecule has 1 fully saturated rings. The lowest BCUT2D eigenvalue weighted by Crippen LogP contribution is -2.63. The molecule has 0 bridgehead atoms. The number of aryl methyl sites for hydroxylation is 1. The number of rotatable bonds is 6. The van der Waals surface area contributed by atoms with E-state index < -0.39 is 11.4 Å². The van der Waals surface area contributed by atoms with Crippen LogP contribution in [0.25, 0.3) is 11.3 Å². The van der Waals surface area contributed by atoms with E-state index in [-0.39, 0.29) is 18.0 Å². The number of nitrogens with two attached hydrogens (primary N) is 1. The number of nitrogens with zero attached hydrogens (tertiary/aromatic N) is 7. The molecule has 0 spiro atoms. The molecule has 0 atom stereocenters. The van der Waals surface area contributed by atoms with E-state index in [2.05, 4.69) is 31.4 Å². The molecule has 0 saturated carbocycles. The van der Waals surface area contributed by atoms with Crippen LogP contribution in [-0.4, -0.2) is 54.5 Å². The highest BCUT2D eigenvalue weighted by atomic mass is 16.2. The number of nitriles is 1. The summed E-state index contributed by atoms with van der Waals surface area (Å²) >= 11 is 0. The highest BCUT2D eigenvalue weighted by molar-refractivity contribution is 5.92. The smallest absolute Gasteiger partial charge is 0.267 e. The molecular formula is C21H21N9O2. The first-order valence-electron chi connectivity index (χ1n) is 9.86. The molecule has 1 aliphatic heterocycles. The number of hydrogen-bond donors (Lipinski definition) is 2. The zero-order chi connectivity index (χ0) is 22.9. The van der Waals surface area contributed by atoms with Gasteiger partial charge in [0.15, 0.2) is 0 Å². The highest BCUT2D eigenvalue weighted by Gasteiger charge is 2.46. The largest absolute Gasteiger partial charge is 0.364 e. The Hall–Kier alpha value is -4.33. The first-order valence-corrected chi connectivity index (χ1v) is 9.86. The van der Waals surface area contributed by atoms with Gasteiger partial charge in [0.1, 0.15) is 11.2 Å². The van der Waals surface area contributed by atoms with Crippen LogP contribution in [0.4, 0.5) is 11.6 Å². The Morgan fingerprint density at radius 2 is 2.09 bits per heavy atom. The number of amides is 2. The van der Waals surface area contributed by atoms with Crippen LogP contribution in [0.3, 0.4) is 0 Å². The van der Waals surface area contributed by atoms with Crippen LogP contribution in [-0.2, 0) is 10.3 Å².